The zero-order chi connectivity index (χ0) is 15.9. The smallest absolute Gasteiger partial charge is 1.00 e. The van der Waals surface area contributed by atoms with Gasteiger partial charge in [-0.3, -0.25) is 0 Å². The van der Waals surface area contributed by atoms with E-state index < -0.39 is 16.1 Å². The van der Waals surface area contributed by atoms with Crippen LogP contribution in [0.2, 0.25) is 36.3 Å². The Kier molecular flexibility index (Phi) is 7.73. The largest absolute Gasteiger partial charge is 1.00 e. The maximum absolute atomic E-state index is 2.59. The fourth-order valence-corrected chi connectivity index (χ4v) is 18.3. The topological polar surface area (TPSA) is 0 Å². The van der Waals surface area contributed by atoms with Gasteiger partial charge in [-0.25, -0.2) is 0 Å². The van der Waals surface area contributed by atoms with E-state index in [0.717, 1.165) is 0 Å². The summed E-state index contributed by atoms with van der Waals surface area (Å²) in [4.78, 5) is 0. The first-order valence-electron chi connectivity index (χ1n) is 9.80. The quantitative estimate of drug-likeness (QED) is 0.517. The molecule has 2 aliphatic heterocycles. The predicted octanol–water partition coefficient (Wildman–Crippen LogP) is 0.328. The average molecular weight is 445 g/mol. The minimum Gasteiger partial charge on any atom is -1.00 e. The second-order valence-corrected chi connectivity index (χ2v) is 20.0. The van der Waals surface area contributed by atoms with Crippen molar-refractivity contribution in [1.82, 2.24) is 0 Å². The molecule has 0 bridgehead atoms. The minimum absolute atomic E-state index is 0. The van der Waals surface area contributed by atoms with Crippen molar-refractivity contribution < 1.29 is 44.0 Å². The van der Waals surface area contributed by atoms with Gasteiger partial charge >= 0.3 is 154 Å². The maximum Gasteiger partial charge on any atom is -1.00 e. The second-order valence-electron chi connectivity index (χ2n) is 8.10. The Bertz CT molecular complexity index is 561. The molecule has 4 rings (SSSR count). The van der Waals surface area contributed by atoms with Gasteiger partial charge in [0, 0.05) is 0 Å². The van der Waals surface area contributed by atoms with E-state index in [1.165, 1.54) is 37.8 Å². The van der Waals surface area contributed by atoms with Crippen LogP contribution in [0.1, 0.15) is 39.5 Å². The van der Waals surface area contributed by atoms with Gasteiger partial charge < -0.3 is 24.8 Å². The van der Waals surface area contributed by atoms with Crippen LogP contribution in [0.4, 0.5) is 0 Å². The van der Waals surface area contributed by atoms with Gasteiger partial charge in [-0.05, 0) is 0 Å². The van der Waals surface area contributed by atoms with Crippen molar-refractivity contribution in [2.24, 2.45) is 0 Å². The van der Waals surface area contributed by atoms with Gasteiger partial charge in [0.2, 0.25) is 0 Å². The van der Waals surface area contributed by atoms with Crippen molar-refractivity contribution in [1.29, 1.82) is 0 Å². The molecule has 2 heterocycles. The zero-order valence-corrected chi connectivity index (χ0v) is 20.7. The number of halogens is 2. The van der Waals surface area contributed by atoms with Gasteiger partial charge in [0.05, 0.1) is 0 Å². The zero-order valence-electron chi connectivity index (χ0n) is 15.6. The molecule has 0 saturated carbocycles. The van der Waals surface area contributed by atoms with Crippen LogP contribution in [0.5, 0.6) is 0 Å². The molecular formula is C20H30Cl2Si2Ti. The predicted molar refractivity (Wildman–Crippen MR) is 102 cm³/mol. The van der Waals surface area contributed by atoms with Crippen LogP contribution >= 0.6 is 0 Å². The van der Waals surface area contributed by atoms with E-state index in [1.54, 1.807) is 24.2 Å². The summed E-state index contributed by atoms with van der Waals surface area (Å²) in [6.45, 7) is 4.97. The minimum atomic E-state index is -0.997. The molecule has 0 amide bonds. The van der Waals surface area contributed by atoms with Gasteiger partial charge in [-0.1, -0.05) is 0 Å². The van der Waals surface area contributed by atoms with Crippen molar-refractivity contribution in [3.05, 3.63) is 42.5 Å². The molecule has 2 saturated heterocycles. The SMILES string of the molecule is CC[Si]1(C2=[C]([Ti+2][C]3=C([Si]4(CC)CCC4)C=CC3)CC=C2)CCC1.[Cl-].[Cl-]. The van der Waals surface area contributed by atoms with E-state index in [1.807, 2.05) is 18.1 Å². The molecule has 0 radical (unpaired) electrons. The van der Waals surface area contributed by atoms with Crippen LogP contribution in [0.3, 0.4) is 0 Å². The van der Waals surface area contributed by atoms with Crippen molar-refractivity contribution in [2.45, 2.75) is 75.8 Å². The molecular weight excluding hydrogens is 415 g/mol. The van der Waals surface area contributed by atoms with Crippen LogP contribution < -0.4 is 24.8 Å². The van der Waals surface area contributed by atoms with Gasteiger partial charge in [-0.15, -0.1) is 0 Å². The standard InChI is InChI=1S/2C10H15Si.2ClH.Ti/c2*1-2-11(8-5-9-11)10-6-3-4-7-10;;;/h2*3,6H,2,4-5,8-9H2,1H3;2*1H;/q;;;;+2/p-2. The fourth-order valence-electron chi connectivity index (χ4n) is 5.26. The third kappa shape index (κ3) is 3.69. The Morgan fingerprint density at radius 2 is 1.16 bits per heavy atom. The van der Waals surface area contributed by atoms with Gasteiger partial charge in [0.15, 0.2) is 0 Å². The van der Waals surface area contributed by atoms with E-state index in [9.17, 15) is 0 Å². The van der Waals surface area contributed by atoms with Crippen molar-refractivity contribution in [3.8, 4) is 0 Å². The molecule has 0 N–H and O–H groups in total. The number of rotatable bonds is 6. The summed E-state index contributed by atoms with van der Waals surface area (Å²) in [7, 11) is -1.99. The van der Waals surface area contributed by atoms with Gasteiger partial charge in [-0.2, -0.15) is 0 Å². The van der Waals surface area contributed by atoms with Crippen LogP contribution in [0.15, 0.2) is 42.5 Å². The van der Waals surface area contributed by atoms with E-state index in [-0.39, 0.29) is 44.0 Å². The molecule has 25 heavy (non-hydrogen) atoms. The molecule has 0 atom stereocenters. The number of hydrogen-bond donors (Lipinski definition) is 0. The van der Waals surface area contributed by atoms with Gasteiger partial charge in [0.1, 0.15) is 0 Å². The van der Waals surface area contributed by atoms with Crippen molar-refractivity contribution >= 4 is 16.1 Å². The molecule has 0 aromatic carbocycles. The van der Waals surface area contributed by atoms with E-state index in [2.05, 4.69) is 38.2 Å². The van der Waals surface area contributed by atoms with E-state index in [4.69, 9.17) is 0 Å². The van der Waals surface area contributed by atoms with Crippen LogP contribution in [-0.4, -0.2) is 16.1 Å². The summed E-state index contributed by atoms with van der Waals surface area (Å²) >= 11 is -0.00773. The van der Waals surface area contributed by atoms with E-state index in [0.29, 0.717) is 0 Å². The van der Waals surface area contributed by atoms with Crippen LogP contribution in [-0.2, 0) is 19.2 Å². The van der Waals surface area contributed by atoms with E-state index >= 15 is 0 Å². The van der Waals surface area contributed by atoms with Gasteiger partial charge in [0.25, 0.3) is 0 Å². The number of hydrogen-bond acceptors (Lipinski definition) is 0. The monoisotopic (exact) mass is 444 g/mol. The molecule has 0 unspecified atom stereocenters. The Labute approximate surface area is 177 Å². The molecule has 2 fully saturated rings. The molecule has 0 aromatic rings. The van der Waals surface area contributed by atoms with Crippen molar-refractivity contribution in [3.63, 3.8) is 0 Å². The summed E-state index contributed by atoms with van der Waals surface area (Å²) in [6.07, 6.45) is 15.9. The summed E-state index contributed by atoms with van der Waals surface area (Å²) < 4.78 is 3.93. The first-order valence-corrected chi connectivity index (χ1v) is 16.6. The average Bonchev–Trinajstić information content (AvgIpc) is 3.10. The molecule has 0 nitrogen and oxygen atoms in total. The van der Waals surface area contributed by atoms with Crippen molar-refractivity contribution in [2.75, 3.05) is 0 Å². The summed E-state index contributed by atoms with van der Waals surface area (Å²) in [5.41, 5.74) is 0. The molecule has 136 valence electrons. The normalized spacial score (nSPS) is 25.0. The molecule has 2 aliphatic carbocycles. The van der Waals surface area contributed by atoms with Crippen LogP contribution in [0, 0.1) is 0 Å². The summed E-state index contributed by atoms with van der Waals surface area (Å²) in [6, 6.07) is 9.38. The molecule has 4 aliphatic rings. The first kappa shape index (κ1) is 22.0. The third-order valence-corrected chi connectivity index (χ3v) is 21.7. The molecule has 0 spiro atoms. The Balaban J connectivity index is 0.00000113. The second kappa shape index (κ2) is 8.79. The third-order valence-electron chi connectivity index (χ3n) is 7.28. The summed E-state index contributed by atoms with van der Waals surface area (Å²) in [5, 5.41) is 3.90. The molecule has 5 heteroatoms. The molecule has 0 aromatic heterocycles. The number of allylic oxidation sites excluding steroid dienone is 8. The Morgan fingerprint density at radius 3 is 1.44 bits per heavy atom. The van der Waals surface area contributed by atoms with Crippen LogP contribution in [0.25, 0.3) is 0 Å². The summed E-state index contributed by atoms with van der Waals surface area (Å²) in [5.74, 6) is 0. The maximum atomic E-state index is 2.59. The Hall–Kier alpha value is 0.688. The first-order chi connectivity index (χ1) is 11.2. The Morgan fingerprint density at radius 1 is 0.760 bits per heavy atom. The fraction of sp³-hybridized carbons (Fsp3) is 0.600.